The lowest BCUT2D eigenvalue weighted by atomic mass is 10.1. The first-order chi connectivity index (χ1) is 13.2. The zero-order valence-corrected chi connectivity index (χ0v) is 19.7. The fraction of sp³-hybridized carbons (Fsp3) is 0.957. The van der Waals surface area contributed by atoms with Crippen LogP contribution < -0.4 is 18.1 Å². The largest absolute Gasteiger partial charge is 1.00 e. The Morgan fingerprint density at radius 1 is 0.714 bits per heavy atom. The van der Waals surface area contributed by atoms with Crippen LogP contribution in [0.15, 0.2) is 0 Å². The number of carbonyl (C=O) groups is 1. The van der Waals surface area contributed by atoms with E-state index in [2.05, 4.69) is 19.6 Å². The number of unbranched alkanes of at least 4 members (excludes halogenated alkanes) is 14. The Bertz CT molecular complexity index is 310. The van der Waals surface area contributed by atoms with Crippen LogP contribution in [0.4, 0.5) is 0 Å². The van der Waals surface area contributed by atoms with Crippen LogP contribution in [-0.4, -0.2) is 41.7 Å². The molecule has 1 amide bonds. The van der Waals surface area contributed by atoms with Crippen molar-refractivity contribution in [1.82, 2.24) is 4.90 Å². The van der Waals surface area contributed by atoms with Crippen molar-refractivity contribution in [2.45, 2.75) is 123 Å². The summed E-state index contributed by atoms with van der Waals surface area (Å²) in [6.07, 6.45) is 20.5. The summed E-state index contributed by atoms with van der Waals surface area (Å²) in [5.74, 6) is 0.0309. The van der Waals surface area contributed by atoms with Gasteiger partial charge in [0.15, 0.2) is 6.04 Å². The van der Waals surface area contributed by atoms with Gasteiger partial charge in [-0.1, -0.05) is 104 Å². The van der Waals surface area contributed by atoms with Crippen molar-refractivity contribution in [3.8, 4) is 0 Å². The molecule has 0 bridgehead atoms. The van der Waals surface area contributed by atoms with Crippen molar-refractivity contribution in [3.63, 3.8) is 0 Å². The SMILES string of the molecule is CCCCCCCCCCN(CCCCCCCCCC)C(=O)[C@H]([NH3+])CO.[Cl-]. The van der Waals surface area contributed by atoms with Crippen LogP contribution in [0.3, 0.4) is 0 Å². The van der Waals surface area contributed by atoms with Gasteiger partial charge in [0.1, 0.15) is 6.61 Å². The lowest BCUT2D eigenvalue weighted by Crippen LogP contribution is -3.00. The maximum absolute atomic E-state index is 12.5. The van der Waals surface area contributed by atoms with Crippen molar-refractivity contribution >= 4 is 5.91 Å². The average Bonchev–Trinajstić information content (AvgIpc) is 2.69. The third-order valence-corrected chi connectivity index (χ3v) is 5.44. The van der Waals surface area contributed by atoms with Crippen LogP contribution >= 0.6 is 0 Å². The Kier molecular flexibility index (Phi) is 24.5. The van der Waals surface area contributed by atoms with Crippen LogP contribution in [0.5, 0.6) is 0 Å². The predicted octanol–water partition coefficient (Wildman–Crippen LogP) is 1.70. The van der Waals surface area contributed by atoms with Gasteiger partial charge in [-0.2, -0.15) is 0 Å². The Morgan fingerprint density at radius 2 is 1.04 bits per heavy atom. The molecule has 0 fully saturated rings. The number of nitrogens with zero attached hydrogens (tertiary/aromatic N) is 1. The van der Waals surface area contributed by atoms with Crippen LogP contribution in [0, 0.1) is 0 Å². The Morgan fingerprint density at radius 3 is 1.36 bits per heavy atom. The van der Waals surface area contributed by atoms with Crippen LogP contribution in [0.25, 0.3) is 0 Å². The number of aliphatic hydroxyl groups is 1. The smallest absolute Gasteiger partial charge is 0.283 e. The van der Waals surface area contributed by atoms with Crippen molar-refractivity contribution in [3.05, 3.63) is 0 Å². The highest BCUT2D eigenvalue weighted by molar-refractivity contribution is 5.80. The summed E-state index contributed by atoms with van der Waals surface area (Å²) in [5, 5.41) is 9.27. The monoisotopic (exact) mass is 420 g/mol. The molecular formula is C23H49ClN2O2. The van der Waals surface area contributed by atoms with Gasteiger partial charge >= 0.3 is 0 Å². The lowest BCUT2D eigenvalue weighted by molar-refractivity contribution is -0.411. The van der Waals surface area contributed by atoms with E-state index in [1.54, 1.807) is 0 Å². The second kappa shape index (κ2) is 23.0. The van der Waals surface area contributed by atoms with Crippen LogP contribution in [0.2, 0.25) is 0 Å². The van der Waals surface area contributed by atoms with Gasteiger partial charge in [-0.25, -0.2) is 0 Å². The molecule has 0 spiro atoms. The number of rotatable bonds is 20. The predicted molar refractivity (Wildman–Crippen MR) is 116 cm³/mol. The molecule has 28 heavy (non-hydrogen) atoms. The topological polar surface area (TPSA) is 68.2 Å². The standard InChI is InChI=1S/C23H48N2O2.ClH/c1-3-5-7-9-11-13-15-17-19-25(23(27)22(24)21-26)20-18-16-14-12-10-8-6-4-2;/h22,26H,3-21,24H2,1-2H3;1H/t22-;/m1./s1. The molecule has 0 aromatic rings. The van der Waals surface area contributed by atoms with Crippen molar-refractivity contribution in [2.75, 3.05) is 19.7 Å². The molecule has 5 heteroatoms. The number of amides is 1. The number of aliphatic hydroxyl groups excluding tert-OH is 1. The molecule has 0 aliphatic rings. The molecule has 170 valence electrons. The van der Waals surface area contributed by atoms with Gasteiger partial charge in [0, 0.05) is 13.1 Å². The third-order valence-electron chi connectivity index (χ3n) is 5.44. The first kappa shape index (κ1) is 29.9. The molecule has 0 aromatic carbocycles. The van der Waals surface area contributed by atoms with Crippen molar-refractivity contribution in [1.29, 1.82) is 0 Å². The normalized spacial score (nSPS) is 11.9. The first-order valence-electron chi connectivity index (χ1n) is 11.9. The highest BCUT2D eigenvalue weighted by atomic mass is 35.5. The lowest BCUT2D eigenvalue weighted by Gasteiger charge is -2.24. The van der Waals surface area contributed by atoms with Gasteiger partial charge in [-0.15, -0.1) is 0 Å². The molecule has 0 aliphatic heterocycles. The summed E-state index contributed by atoms with van der Waals surface area (Å²) in [5.41, 5.74) is 3.81. The summed E-state index contributed by atoms with van der Waals surface area (Å²) in [4.78, 5) is 14.4. The molecule has 4 nitrogen and oxygen atoms in total. The van der Waals surface area contributed by atoms with E-state index in [-0.39, 0.29) is 24.9 Å². The molecule has 0 heterocycles. The molecule has 4 N–H and O–H groups in total. The highest BCUT2D eigenvalue weighted by Crippen LogP contribution is 2.11. The third kappa shape index (κ3) is 17.8. The maximum Gasteiger partial charge on any atom is 0.283 e. The Hall–Kier alpha value is -0.320. The van der Waals surface area contributed by atoms with Crippen molar-refractivity contribution in [2.24, 2.45) is 0 Å². The Labute approximate surface area is 181 Å². The summed E-state index contributed by atoms with van der Waals surface area (Å²) in [6.45, 7) is 6.01. The molecule has 0 saturated carbocycles. The Balaban J connectivity index is 0. The molecule has 0 aliphatic carbocycles. The van der Waals surface area contributed by atoms with E-state index in [0.717, 1.165) is 25.9 Å². The van der Waals surface area contributed by atoms with Gasteiger partial charge in [0.05, 0.1) is 0 Å². The van der Waals surface area contributed by atoms with Gasteiger partial charge < -0.3 is 28.1 Å². The van der Waals surface area contributed by atoms with Crippen LogP contribution in [0.1, 0.15) is 117 Å². The number of quaternary nitrogens is 1. The van der Waals surface area contributed by atoms with E-state index in [9.17, 15) is 9.90 Å². The average molecular weight is 421 g/mol. The van der Waals surface area contributed by atoms with Gasteiger partial charge in [-0.3, -0.25) is 4.79 Å². The van der Waals surface area contributed by atoms with E-state index < -0.39 is 6.04 Å². The van der Waals surface area contributed by atoms with E-state index >= 15 is 0 Å². The van der Waals surface area contributed by atoms with E-state index in [1.807, 2.05) is 4.90 Å². The van der Waals surface area contributed by atoms with Gasteiger partial charge in [0.2, 0.25) is 0 Å². The summed E-state index contributed by atoms with van der Waals surface area (Å²) >= 11 is 0. The zero-order valence-electron chi connectivity index (χ0n) is 18.9. The summed E-state index contributed by atoms with van der Waals surface area (Å²) in [7, 11) is 0. The van der Waals surface area contributed by atoms with Crippen molar-refractivity contribution < 1.29 is 28.0 Å². The highest BCUT2D eigenvalue weighted by Gasteiger charge is 2.22. The number of carbonyl (C=O) groups excluding carboxylic acids is 1. The molecule has 0 rings (SSSR count). The number of halogens is 1. The minimum atomic E-state index is -0.506. The molecule has 0 radical (unpaired) electrons. The molecule has 0 saturated heterocycles. The summed E-state index contributed by atoms with van der Waals surface area (Å²) in [6, 6.07) is -0.506. The molecule has 0 unspecified atom stereocenters. The van der Waals surface area contributed by atoms with Gasteiger partial charge in [0.25, 0.3) is 5.91 Å². The van der Waals surface area contributed by atoms with Gasteiger partial charge in [-0.05, 0) is 12.8 Å². The zero-order chi connectivity index (χ0) is 20.2. The quantitative estimate of drug-likeness (QED) is 0.294. The summed E-state index contributed by atoms with van der Waals surface area (Å²) < 4.78 is 0. The molecular weight excluding hydrogens is 372 g/mol. The fourth-order valence-electron chi connectivity index (χ4n) is 3.54. The fourth-order valence-corrected chi connectivity index (χ4v) is 3.54. The van der Waals surface area contributed by atoms with E-state index in [0.29, 0.717) is 0 Å². The number of hydrogen-bond donors (Lipinski definition) is 2. The van der Waals surface area contributed by atoms with E-state index in [4.69, 9.17) is 0 Å². The second-order valence-corrected chi connectivity index (χ2v) is 8.15. The first-order valence-corrected chi connectivity index (χ1v) is 11.9. The minimum absolute atomic E-state index is 0. The number of hydrogen-bond acceptors (Lipinski definition) is 2. The maximum atomic E-state index is 12.5. The second-order valence-electron chi connectivity index (χ2n) is 8.15. The van der Waals surface area contributed by atoms with Crippen LogP contribution in [-0.2, 0) is 4.79 Å². The van der Waals surface area contributed by atoms with E-state index in [1.165, 1.54) is 89.9 Å². The molecule has 1 atom stereocenters. The molecule has 0 aromatic heterocycles. The minimum Gasteiger partial charge on any atom is -1.00 e.